The summed E-state index contributed by atoms with van der Waals surface area (Å²) in [6.45, 7) is 3.53. The van der Waals surface area contributed by atoms with Crippen LogP contribution in [0.3, 0.4) is 0 Å². The fourth-order valence-corrected chi connectivity index (χ4v) is 1.78. The lowest BCUT2D eigenvalue weighted by molar-refractivity contribution is -0.143. The van der Waals surface area contributed by atoms with Crippen LogP contribution in [-0.2, 0) is 14.3 Å². The summed E-state index contributed by atoms with van der Waals surface area (Å²) in [7, 11) is 0. The molecule has 1 heterocycles. The van der Waals surface area contributed by atoms with Crippen LogP contribution in [0.15, 0.2) is 0 Å². The number of carboxylic acids is 1. The van der Waals surface area contributed by atoms with Crippen LogP contribution in [0, 0.1) is 0 Å². The van der Waals surface area contributed by atoms with Gasteiger partial charge in [0, 0.05) is 19.7 Å². The number of carboxylic acid groups (broad SMARTS) is 1. The van der Waals surface area contributed by atoms with Crippen LogP contribution < -0.4 is 5.73 Å². The fourth-order valence-electron chi connectivity index (χ4n) is 1.78. The van der Waals surface area contributed by atoms with Crippen molar-refractivity contribution in [2.45, 2.75) is 31.7 Å². The summed E-state index contributed by atoms with van der Waals surface area (Å²) in [4.78, 5) is 24.1. The van der Waals surface area contributed by atoms with E-state index in [1.165, 1.54) is 4.90 Å². The highest BCUT2D eigenvalue weighted by molar-refractivity contribution is 5.83. The monoisotopic (exact) mass is 244 g/mol. The number of likely N-dealkylation sites (tertiary alicyclic amines) is 1. The molecule has 3 N–H and O–H groups in total. The quantitative estimate of drug-likeness (QED) is 0.632. The van der Waals surface area contributed by atoms with Gasteiger partial charge in [-0.2, -0.15) is 0 Å². The zero-order valence-corrected chi connectivity index (χ0v) is 10.1. The van der Waals surface area contributed by atoms with E-state index in [2.05, 4.69) is 0 Å². The van der Waals surface area contributed by atoms with Gasteiger partial charge in [0.2, 0.25) is 5.91 Å². The average Bonchev–Trinajstić information content (AvgIpc) is 2.69. The summed E-state index contributed by atoms with van der Waals surface area (Å²) in [5, 5.41) is 8.93. The van der Waals surface area contributed by atoms with E-state index in [1.807, 2.05) is 6.92 Å². The van der Waals surface area contributed by atoms with Crippen molar-refractivity contribution in [1.29, 1.82) is 0 Å². The number of amides is 1. The number of nitrogens with two attached hydrogens (primary N) is 1. The van der Waals surface area contributed by atoms with Gasteiger partial charge in [-0.15, -0.1) is 0 Å². The second-order valence-electron chi connectivity index (χ2n) is 4.39. The minimum absolute atomic E-state index is 0.0883. The molecule has 0 aromatic rings. The van der Waals surface area contributed by atoms with Gasteiger partial charge in [-0.1, -0.05) is 6.92 Å². The molecule has 98 valence electrons. The van der Waals surface area contributed by atoms with E-state index >= 15 is 0 Å². The molecule has 0 radical (unpaired) electrons. The zero-order valence-electron chi connectivity index (χ0n) is 10.1. The largest absolute Gasteiger partial charge is 0.480 e. The van der Waals surface area contributed by atoms with E-state index in [0.717, 1.165) is 6.42 Å². The molecule has 1 atom stereocenters. The van der Waals surface area contributed by atoms with Crippen LogP contribution in [0.4, 0.5) is 0 Å². The van der Waals surface area contributed by atoms with E-state index < -0.39 is 11.5 Å². The molecule has 6 heteroatoms. The van der Waals surface area contributed by atoms with Crippen LogP contribution in [-0.4, -0.2) is 53.7 Å². The molecule has 0 saturated carbocycles. The first-order valence-corrected chi connectivity index (χ1v) is 5.87. The van der Waals surface area contributed by atoms with E-state index in [4.69, 9.17) is 15.6 Å². The first kappa shape index (κ1) is 13.9. The molecule has 1 aliphatic heterocycles. The van der Waals surface area contributed by atoms with E-state index in [0.29, 0.717) is 26.2 Å². The lowest BCUT2D eigenvalue weighted by atomic mass is 10.0. The third-order valence-corrected chi connectivity index (χ3v) is 2.89. The number of hydrogen-bond donors (Lipinski definition) is 2. The number of aliphatic carboxylic acids is 1. The van der Waals surface area contributed by atoms with Gasteiger partial charge in [-0.25, -0.2) is 0 Å². The van der Waals surface area contributed by atoms with Gasteiger partial charge in [0.1, 0.15) is 5.54 Å². The standard InChI is InChI=1S/C11H20N2O4/c1-2-6-17-7-3-9(14)13-5-4-11(12,8-13)10(15)16/h2-8,12H2,1H3,(H,15,16). The summed E-state index contributed by atoms with van der Waals surface area (Å²) in [5.74, 6) is -1.13. The minimum Gasteiger partial charge on any atom is -0.480 e. The number of rotatable bonds is 6. The molecule has 1 fully saturated rings. The van der Waals surface area contributed by atoms with Gasteiger partial charge < -0.3 is 20.5 Å². The molecule has 6 nitrogen and oxygen atoms in total. The van der Waals surface area contributed by atoms with Crippen LogP contribution in [0.2, 0.25) is 0 Å². The molecule has 0 spiro atoms. The summed E-state index contributed by atoms with van der Waals surface area (Å²) >= 11 is 0. The molecule has 0 aromatic carbocycles. The minimum atomic E-state index is -1.28. The highest BCUT2D eigenvalue weighted by Crippen LogP contribution is 2.19. The first-order valence-electron chi connectivity index (χ1n) is 5.87. The number of carbonyl (C=O) groups is 2. The van der Waals surface area contributed by atoms with Crippen LogP contribution in [0.1, 0.15) is 26.2 Å². The summed E-state index contributed by atoms with van der Waals surface area (Å²) in [6, 6.07) is 0. The summed E-state index contributed by atoms with van der Waals surface area (Å²) < 4.78 is 5.22. The van der Waals surface area contributed by atoms with E-state index in [9.17, 15) is 9.59 Å². The molecule has 1 aliphatic rings. The Hall–Kier alpha value is -1.14. The third kappa shape index (κ3) is 3.67. The lowest BCUT2D eigenvalue weighted by Crippen LogP contribution is -2.50. The Kier molecular flexibility index (Phi) is 4.89. The number of nitrogens with zero attached hydrogens (tertiary/aromatic N) is 1. The van der Waals surface area contributed by atoms with Crippen molar-refractivity contribution >= 4 is 11.9 Å². The van der Waals surface area contributed by atoms with Gasteiger partial charge >= 0.3 is 5.97 Å². The van der Waals surface area contributed by atoms with Gasteiger partial charge in [0.25, 0.3) is 0 Å². The first-order chi connectivity index (χ1) is 7.99. The molecule has 1 amide bonds. The predicted octanol–water partition coefficient (Wildman–Crippen LogP) is -0.182. The van der Waals surface area contributed by atoms with Gasteiger partial charge in [-0.3, -0.25) is 9.59 Å². The highest BCUT2D eigenvalue weighted by atomic mass is 16.5. The molecule has 1 saturated heterocycles. The Balaban J connectivity index is 2.33. The Morgan fingerprint density at radius 1 is 1.47 bits per heavy atom. The van der Waals surface area contributed by atoms with Crippen molar-refractivity contribution in [2.75, 3.05) is 26.3 Å². The van der Waals surface area contributed by atoms with Crippen molar-refractivity contribution in [1.82, 2.24) is 4.90 Å². The second kappa shape index (κ2) is 5.97. The summed E-state index contributed by atoms with van der Waals surface area (Å²) in [6.07, 6.45) is 1.52. The molecule has 1 unspecified atom stereocenters. The average molecular weight is 244 g/mol. The van der Waals surface area contributed by atoms with Crippen LogP contribution in [0.25, 0.3) is 0 Å². The Morgan fingerprint density at radius 2 is 2.18 bits per heavy atom. The SMILES string of the molecule is CCCOCCC(=O)N1CCC(N)(C(=O)O)C1. The van der Waals surface area contributed by atoms with Gasteiger partial charge in [0.15, 0.2) is 0 Å². The predicted molar refractivity (Wildman–Crippen MR) is 61.5 cm³/mol. The molecule has 1 rings (SSSR count). The van der Waals surface area contributed by atoms with Crippen LogP contribution in [0.5, 0.6) is 0 Å². The highest BCUT2D eigenvalue weighted by Gasteiger charge is 2.42. The fraction of sp³-hybridized carbons (Fsp3) is 0.818. The van der Waals surface area contributed by atoms with E-state index in [1.54, 1.807) is 0 Å². The topological polar surface area (TPSA) is 92.9 Å². The van der Waals surface area contributed by atoms with Gasteiger partial charge in [-0.05, 0) is 12.8 Å². The maximum atomic E-state index is 11.7. The Bertz CT molecular complexity index is 295. The number of ether oxygens (including phenoxy) is 1. The smallest absolute Gasteiger partial charge is 0.325 e. The Labute approximate surface area is 101 Å². The van der Waals surface area contributed by atoms with Crippen molar-refractivity contribution in [3.05, 3.63) is 0 Å². The molecule has 0 aromatic heterocycles. The molecular weight excluding hydrogens is 224 g/mol. The van der Waals surface area contributed by atoms with E-state index in [-0.39, 0.29) is 18.9 Å². The zero-order chi connectivity index (χ0) is 12.9. The molecular formula is C11H20N2O4. The maximum absolute atomic E-state index is 11.7. The number of carbonyl (C=O) groups excluding carboxylic acids is 1. The van der Waals surface area contributed by atoms with Crippen molar-refractivity contribution < 1.29 is 19.4 Å². The normalized spacial score (nSPS) is 24.0. The molecule has 0 aliphatic carbocycles. The number of hydrogen-bond acceptors (Lipinski definition) is 4. The lowest BCUT2D eigenvalue weighted by Gasteiger charge is -2.20. The van der Waals surface area contributed by atoms with Crippen molar-refractivity contribution in [2.24, 2.45) is 5.73 Å². The van der Waals surface area contributed by atoms with Gasteiger partial charge in [0.05, 0.1) is 13.0 Å². The molecule has 0 bridgehead atoms. The summed E-state index contributed by atoms with van der Waals surface area (Å²) in [5.41, 5.74) is 4.40. The van der Waals surface area contributed by atoms with Crippen molar-refractivity contribution in [3.8, 4) is 0 Å². The second-order valence-corrected chi connectivity index (χ2v) is 4.39. The van der Waals surface area contributed by atoms with Crippen molar-refractivity contribution in [3.63, 3.8) is 0 Å². The van der Waals surface area contributed by atoms with Crippen LogP contribution >= 0.6 is 0 Å². The Morgan fingerprint density at radius 3 is 2.71 bits per heavy atom. The molecule has 17 heavy (non-hydrogen) atoms. The maximum Gasteiger partial charge on any atom is 0.325 e. The third-order valence-electron chi connectivity index (χ3n) is 2.89.